The lowest BCUT2D eigenvalue weighted by atomic mass is 9.98. The minimum Gasteiger partial charge on any atom is -0.479 e. The van der Waals surface area contributed by atoms with Crippen molar-refractivity contribution in [3.05, 3.63) is 72.9 Å². The number of esters is 3. The second-order valence-corrected chi connectivity index (χ2v) is 20.2. The zero-order valence-electron chi connectivity index (χ0n) is 47.3. The Labute approximate surface area is 455 Å². The third kappa shape index (κ3) is 41.0. The number of carboxylic acids is 1. The van der Waals surface area contributed by atoms with Crippen LogP contribution in [0.3, 0.4) is 0 Å². The van der Waals surface area contributed by atoms with E-state index in [9.17, 15) is 34.5 Å². The molecule has 0 bridgehead atoms. The van der Waals surface area contributed by atoms with Gasteiger partial charge in [0.15, 0.2) is 24.6 Å². The maximum Gasteiger partial charge on any atom is 0.335 e. The minimum atomic E-state index is -1.92. The highest BCUT2D eigenvalue weighted by atomic mass is 16.7. The minimum absolute atomic E-state index is 0.0216. The number of aliphatic hydroxyl groups excluding tert-OH is 2. The number of hydrogen-bond acceptors (Lipinski definition) is 11. The van der Waals surface area contributed by atoms with Crippen LogP contribution in [0.2, 0.25) is 0 Å². The van der Waals surface area contributed by atoms with Gasteiger partial charge in [-0.15, -0.1) is 0 Å². The highest BCUT2D eigenvalue weighted by molar-refractivity contribution is 5.74. The average Bonchev–Trinajstić information content (AvgIpc) is 3.39. The summed E-state index contributed by atoms with van der Waals surface area (Å²) in [6.07, 6.45) is 51.6. The molecule has 0 aromatic carbocycles. The smallest absolute Gasteiger partial charge is 0.335 e. The fourth-order valence-electron chi connectivity index (χ4n) is 8.64. The fraction of sp³-hybridized carbons (Fsp3) is 0.746. The van der Waals surface area contributed by atoms with Crippen LogP contribution in [0.1, 0.15) is 252 Å². The van der Waals surface area contributed by atoms with Crippen molar-refractivity contribution in [2.45, 2.75) is 289 Å². The van der Waals surface area contributed by atoms with Gasteiger partial charge in [-0.1, -0.05) is 196 Å². The van der Waals surface area contributed by atoms with Gasteiger partial charge >= 0.3 is 23.9 Å². The Bertz CT molecular complexity index is 1580. The first-order chi connectivity index (χ1) is 36.6. The Kier molecular flexibility index (Phi) is 47.0. The number of hydrogen-bond donors (Lipinski definition) is 3. The molecule has 3 N–H and O–H groups in total. The molecule has 0 radical (unpaired) electrons. The zero-order valence-corrected chi connectivity index (χ0v) is 47.3. The summed E-state index contributed by atoms with van der Waals surface area (Å²) in [5, 5.41) is 31.5. The van der Waals surface area contributed by atoms with Crippen LogP contribution < -0.4 is 0 Å². The van der Waals surface area contributed by atoms with Crippen LogP contribution in [-0.4, -0.2) is 89.2 Å². The maximum atomic E-state index is 13.1. The summed E-state index contributed by atoms with van der Waals surface area (Å²) in [5.41, 5.74) is 0. The Hall–Kier alpha value is -3.84. The SMILES string of the molecule is CC/C=C\C/C=C\C/C=C\CCCCCC(=O)OC1C(OCC(COC(=O)CCCCCCCCC/C=C\CCCCCCCC)OC(=O)CCCCCCC/C=C\C/C=C\CCCCC)OC(C(=O)O)C(O)C1O. The van der Waals surface area contributed by atoms with E-state index in [4.69, 9.17) is 23.7 Å². The molecule has 0 aliphatic carbocycles. The molecule has 1 aliphatic rings. The van der Waals surface area contributed by atoms with Gasteiger partial charge in [-0.3, -0.25) is 14.4 Å². The van der Waals surface area contributed by atoms with Gasteiger partial charge in [0.25, 0.3) is 0 Å². The number of rotatable bonds is 50. The second kappa shape index (κ2) is 50.9. The monoisotopic (exact) mass is 1050 g/mol. The average molecular weight is 1060 g/mol. The van der Waals surface area contributed by atoms with Gasteiger partial charge < -0.3 is 39.0 Å². The third-order valence-electron chi connectivity index (χ3n) is 13.2. The van der Waals surface area contributed by atoms with E-state index in [1.807, 2.05) is 0 Å². The topological polar surface area (TPSA) is 175 Å². The predicted octanol–water partition coefficient (Wildman–Crippen LogP) is 15.3. The molecule has 12 heteroatoms. The quantitative estimate of drug-likeness (QED) is 0.0228. The largest absolute Gasteiger partial charge is 0.479 e. The van der Waals surface area contributed by atoms with Crippen LogP contribution in [0.15, 0.2) is 72.9 Å². The second-order valence-electron chi connectivity index (χ2n) is 20.2. The number of aliphatic hydroxyl groups is 2. The number of unbranched alkanes of at least 4 members (excludes halogenated alkanes) is 24. The van der Waals surface area contributed by atoms with Crippen LogP contribution in [-0.2, 0) is 42.9 Å². The lowest BCUT2D eigenvalue weighted by Gasteiger charge is -2.40. The van der Waals surface area contributed by atoms with E-state index in [0.29, 0.717) is 19.3 Å². The normalized spacial score (nSPS) is 18.7. The molecule has 1 saturated heterocycles. The summed E-state index contributed by atoms with van der Waals surface area (Å²) in [4.78, 5) is 51.1. The first-order valence-electron chi connectivity index (χ1n) is 29.9. The summed E-state index contributed by atoms with van der Waals surface area (Å²) >= 11 is 0. The Morgan fingerprint density at radius 3 is 1.33 bits per heavy atom. The van der Waals surface area contributed by atoms with E-state index in [-0.39, 0.29) is 25.9 Å². The first kappa shape index (κ1) is 69.2. The molecule has 430 valence electrons. The zero-order chi connectivity index (χ0) is 54.7. The van der Waals surface area contributed by atoms with Crippen LogP contribution in [0.4, 0.5) is 0 Å². The molecule has 75 heavy (non-hydrogen) atoms. The van der Waals surface area contributed by atoms with E-state index < -0.39 is 67.3 Å². The van der Waals surface area contributed by atoms with Crippen molar-refractivity contribution in [2.75, 3.05) is 13.2 Å². The highest BCUT2D eigenvalue weighted by Crippen LogP contribution is 2.26. The lowest BCUT2D eigenvalue weighted by molar-refractivity contribution is -0.301. The fourth-order valence-corrected chi connectivity index (χ4v) is 8.64. The lowest BCUT2D eigenvalue weighted by Crippen LogP contribution is -2.61. The van der Waals surface area contributed by atoms with Crippen LogP contribution >= 0.6 is 0 Å². The standard InChI is InChI=1S/C63H106O12/c1-4-7-10-13-16-19-22-25-27-28-30-32-34-37-40-43-46-49-55(64)71-52-54(73-56(65)50-47-44-41-38-36-33-29-26-23-20-17-14-11-8-5-2)53-72-63-61(59(68)58(67)60(75-63)62(69)70)74-57(66)51-48-45-42-39-35-31-24-21-18-15-12-9-6-3/h9,12,17-18,20-21,25-27,29,31,35,54,58-61,63,67-68H,4-8,10-11,13-16,19,22-24,28,30,32-34,36-53H2,1-3H3,(H,69,70)/b12-9-,20-17-,21-18-,27-25-,29-26-,35-31-. The molecule has 1 fully saturated rings. The molecular weight excluding hydrogens is 949 g/mol. The van der Waals surface area contributed by atoms with Crippen molar-refractivity contribution in [3.63, 3.8) is 0 Å². The third-order valence-corrected chi connectivity index (χ3v) is 13.2. The van der Waals surface area contributed by atoms with Crippen molar-refractivity contribution in [3.8, 4) is 0 Å². The van der Waals surface area contributed by atoms with Crippen molar-refractivity contribution in [1.29, 1.82) is 0 Å². The first-order valence-corrected chi connectivity index (χ1v) is 29.9. The van der Waals surface area contributed by atoms with E-state index >= 15 is 0 Å². The van der Waals surface area contributed by atoms with Crippen molar-refractivity contribution in [1.82, 2.24) is 0 Å². The number of aliphatic carboxylic acids is 1. The molecule has 0 aromatic rings. The summed E-state index contributed by atoms with van der Waals surface area (Å²) in [7, 11) is 0. The van der Waals surface area contributed by atoms with Crippen LogP contribution in [0.5, 0.6) is 0 Å². The van der Waals surface area contributed by atoms with Gasteiger partial charge in [0.2, 0.25) is 0 Å². The van der Waals surface area contributed by atoms with Gasteiger partial charge in [0, 0.05) is 19.3 Å². The summed E-state index contributed by atoms with van der Waals surface area (Å²) < 4.78 is 28.4. The molecule has 1 rings (SSSR count). The van der Waals surface area contributed by atoms with Crippen molar-refractivity contribution < 1.29 is 58.2 Å². The van der Waals surface area contributed by atoms with Gasteiger partial charge in [-0.05, 0) is 109 Å². The number of allylic oxidation sites excluding steroid dienone is 12. The Morgan fingerprint density at radius 2 is 0.840 bits per heavy atom. The maximum absolute atomic E-state index is 13.1. The number of ether oxygens (including phenoxy) is 5. The predicted molar refractivity (Wildman–Crippen MR) is 303 cm³/mol. The molecule has 12 nitrogen and oxygen atoms in total. The molecular formula is C63H106O12. The van der Waals surface area contributed by atoms with Crippen LogP contribution in [0.25, 0.3) is 0 Å². The van der Waals surface area contributed by atoms with E-state index in [1.54, 1.807) is 0 Å². The summed E-state index contributed by atoms with van der Waals surface area (Å²) in [5.74, 6) is -3.18. The summed E-state index contributed by atoms with van der Waals surface area (Å²) in [6, 6.07) is 0. The van der Waals surface area contributed by atoms with Gasteiger partial charge in [0.05, 0.1) is 6.61 Å². The number of carbonyl (C=O) groups excluding carboxylic acids is 3. The molecule has 6 atom stereocenters. The summed E-state index contributed by atoms with van der Waals surface area (Å²) in [6.45, 7) is 5.82. The van der Waals surface area contributed by atoms with Gasteiger partial charge in [-0.25, -0.2) is 4.79 Å². The van der Waals surface area contributed by atoms with Gasteiger partial charge in [-0.2, -0.15) is 0 Å². The highest BCUT2D eigenvalue weighted by Gasteiger charge is 2.50. The number of carbonyl (C=O) groups is 4. The molecule has 1 heterocycles. The van der Waals surface area contributed by atoms with Crippen LogP contribution in [0, 0.1) is 0 Å². The molecule has 1 aliphatic heterocycles. The van der Waals surface area contributed by atoms with Crippen molar-refractivity contribution in [2.24, 2.45) is 0 Å². The Morgan fingerprint density at radius 1 is 0.453 bits per heavy atom. The molecule has 0 amide bonds. The molecule has 0 spiro atoms. The molecule has 6 unspecified atom stereocenters. The number of carboxylic acid groups (broad SMARTS) is 1. The molecule has 0 saturated carbocycles. The van der Waals surface area contributed by atoms with E-state index in [1.165, 1.54) is 83.5 Å². The van der Waals surface area contributed by atoms with E-state index in [0.717, 1.165) is 109 Å². The van der Waals surface area contributed by atoms with Gasteiger partial charge in [0.1, 0.15) is 18.8 Å². The molecule has 0 aromatic heterocycles. The van der Waals surface area contributed by atoms with E-state index in [2.05, 4.69) is 93.7 Å². The Balaban J connectivity index is 2.71. The van der Waals surface area contributed by atoms with Crippen molar-refractivity contribution >= 4 is 23.9 Å².